The van der Waals surface area contributed by atoms with Crippen molar-refractivity contribution in [1.82, 2.24) is 9.88 Å². The highest BCUT2D eigenvalue weighted by molar-refractivity contribution is 7.22. The van der Waals surface area contributed by atoms with Crippen LogP contribution >= 0.6 is 11.3 Å². The van der Waals surface area contributed by atoms with Gasteiger partial charge in [0.1, 0.15) is 0 Å². The van der Waals surface area contributed by atoms with Gasteiger partial charge in [0.2, 0.25) is 0 Å². The number of hydrogen-bond donors (Lipinski definition) is 1. The molecule has 1 N–H and O–H groups in total. The minimum atomic E-state index is -0.381. The van der Waals surface area contributed by atoms with Crippen LogP contribution in [0.1, 0.15) is 15.9 Å². The van der Waals surface area contributed by atoms with E-state index in [9.17, 15) is 9.59 Å². The molecule has 2 aromatic carbocycles. The van der Waals surface area contributed by atoms with Gasteiger partial charge in [-0.15, -0.1) is 0 Å². The summed E-state index contributed by atoms with van der Waals surface area (Å²) in [5, 5.41) is 3.38. The van der Waals surface area contributed by atoms with E-state index in [4.69, 9.17) is 0 Å². The topological polar surface area (TPSA) is 71.5 Å². The molecule has 0 spiro atoms. The van der Waals surface area contributed by atoms with E-state index in [1.54, 1.807) is 36.2 Å². The molecule has 0 bridgehead atoms. The molecule has 7 heteroatoms. The number of carbonyl (C=O) groups excluding carboxylic acids is 2. The Morgan fingerprint density at radius 3 is 2.56 bits per heavy atom. The van der Waals surface area contributed by atoms with Gasteiger partial charge < -0.3 is 9.64 Å². The Kier molecular flexibility index (Phi) is 4.95. The first-order valence-corrected chi connectivity index (χ1v) is 8.43. The zero-order valence-electron chi connectivity index (χ0n) is 13.9. The van der Waals surface area contributed by atoms with Crippen LogP contribution in [0.3, 0.4) is 0 Å². The van der Waals surface area contributed by atoms with Crippen LogP contribution in [0, 0.1) is 0 Å². The molecule has 0 fully saturated rings. The zero-order chi connectivity index (χ0) is 17.8. The Labute approximate surface area is 149 Å². The molecule has 6 nitrogen and oxygen atoms in total. The second-order valence-electron chi connectivity index (χ2n) is 5.46. The van der Waals surface area contributed by atoms with Crippen LogP contribution in [0.5, 0.6) is 0 Å². The summed E-state index contributed by atoms with van der Waals surface area (Å²) in [6.45, 7) is 0.415. The number of aromatic nitrogens is 1. The molecule has 0 aliphatic rings. The number of rotatable bonds is 4. The molecule has 3 aromatic rings. The molecule has 1 heterocycles. The fourth-order valence-corrected chi connectivity index (χ4v) is 3.18. The normalized spacial score (nSPS) is 10.5. The minimum Gasteiger partial charge on any atom is -0.465 e. The van der Waals surface area contributed by atoms with Crippen molar-refractivity contribution < 1.29 is 14.3 Å². The van der Waals surface area contributed by atoms with Crippen LogP contribution in [-0.2, 0) is 11.3 Å². The van der Waals surface area contributed by atoms with E-state index in [-0.39, 0.29) is 12.0 Å². The number of carbonyl (C=O) groups is 2. The van der Waals surface area contributed by atoms with E-state index in [2.05, 4.69) is 15.0 Å². The first-order valence-electron chi connectivity index (χ1n) is 7.62. The Balaban J connectivity index is 1.63. The molecular formula is C18H17N3O3S. The molecule has 128 valence electrons. The van der Waals surface area contributed by atoms with Crippen LogP contribution in [0.2, 0.25) is 0 Å². The van der Waals surface area contributed by atoms with E-state index in [1.807, 2.05) is 24.3 Å². The van der Waals surface area contributed by atoms with Crippen molar-refractivity contribution in [3.63, 3.8) is 0 Å². The van der Waals surface area contributed by atoms with Crippen LogP contribution in [0.15, 0.2) is 48.5 Å². The first kappa shape index (κ1) is 16.9. The number of ether oxygens (including phenoxy) is 1. The first-order chi connectivity index (χ1) is 12.1. The number of esters is 1. The molecule has 0 unspecified atom stereocenters. The van der Waals surface area contributed by atoms with Crippen molar-refractivity contribution in [1.29, 1.82) is 0 Å². The summed E-state index contributed by atoms with van der Waals surface area (Å²) in [6, 6.07) is 14.5. The molecule has 0 aliphatic heterocycles. The van der Waals surface area contributed by atoms with Crippen molar-refractivity contribution in [2.24, 2.45) is 0 Å². The smallest absolute Gasteiger partial charge is 0.337 e. The largest absolute Gasteiger partial charge is 0.465 e. The number of benzene rings is 2. The van der Waals surface area contributed by atoms with Crippen molar-refractivity contribution >= 4 is 38.7 Å². The van der Waals surface area contributed by atoms with Gasteiger partial charge in [0.25, 0.3) is 0 Å². The molecule has 3 rings (SSSR count). The molecule has 0 saturated carbocycles. The Bertz CT molecular complexity index is 872. The average molecular weight is 355 g/mol. The maximum Gasteiger partial charge on any atom is 0.337 e. The molecule has 0 saturated heterocycles. The fourth-order valence-electron chi connectivity index (χ4n) is 2.32. The Morgan fingerprint density at radius 1 is 1.16 bits per heavy atom. The van der Waals surface area contributed by atoms with E-state index >= 15 is 0 Å². The van der Waals surface area contributed by atoms with Crippen LogP contribution in [0.4, 0.5) is 9.93 Å². The summed E-state index contributed by atoms with van der Waals surface area (Å²) in [5.41, 5.74) is 2.26. The molecular weight excluding hydrogens is 338 g/mol. The number of nitrogens with one attached hydrogen (secondary N) is 1. The highest BCUT2D eigenvalue weighted by Crippen LogP contribution is 2.25. The molecule has 25 heavy (non-hydrogen) atoms. The Morgan fingerprint density at radius 2 is 1.88 bits per heavy atom. The van der Waals surface area contributed by atoms with E-state index in [1.165, 1.54) is 18.4 Å². The number of hydrogen-bond acceptors (Lipinski definition) is 5. The van der Waals surface area contributed by atoms with Gasteiger partial charge in [-0.3, -0.25) is 5.32 Å². The number of urea groups is 1. The number of anilines is 1. The maximum atomic E-state index is 12.3. The van der Waals surface area contributed by atoms with Crippen LogP contribution < -0.4 is 5.32 Å². The van der Waals surface area contributed by atoms with Crippen molar-refractivity contribution in [3.8, 4) is 0 Å². The number of amides is 2. The zero-order valence-corrected chi connectivity index (χ0v) is 14.7. The van der Waals surface area contributed by atoms with Crippen molar-refractivity contribution in [2.45, 2.75) is 6.54 Å². The van der Waals surface area contributed by atoms with Crippen molar-refractivity contribution in [3.05, 3.63) is 59.7 Å². The lowest BCUT2D eigenvalue weighted by Crippen LogP contribution is -2.30. The third-order valence-electron chi connectivity index (χ3n) is 3.65. The lowest BCUT2D eigenvalue weighted by atomic mass is 10.1. The van der Waals surface area contributed by atoms with E-state index in [0.29, 0.717) is 17.2 Å². The van der Waals surface area contributed by atoms with Gasteiger partial charge in [-0.1, -0.05) is 35.6 Å². The minimum absolute atomic E-state index is 0.240. The third-order valence-corrected chi connectivity index (χ3v) is 4.60. The summed E-state index contributed by atoms with van der Waals surface area (Å²) in [6.07, 6.45) is 0. The van der Waals surface area contributed by atoms with Gasteiger partial charge in [-0.25, -0.2) is 14.6 Å². The predicted octanol–water partition coefficient (Wildman–Crippen LogP) is 3.75. The monoisotopic (exact) mass is 355 g/mol. The van der Waals surface area contributed by atoms with Gasteiger partial charge in [0.05, 0.1) is 22.9 Å². The maximum absolute atomic E-state index is 12.3. The lowest BCUT2D eigenvalue weighted by Gasteiger charge is -2.17. The second-order valence-corrected chi connectivity index (χ2v) is 6.49. The standard InChI is InChI=1S/C18H17N3O3S/c1-21(11-12-7-9-13(10-8-12)16(22)24-2)18(23)20-17-19-14-5-3-4-6-15(14)25-17/h3-10H,11H2,1-2H3,(H,19,20,23). The van der Waals surface area contributed by atoms with Gasteiger partial charge >= 0.3 is 12.0 Å². The molecule has 0 atom stereocenters. The average Bonchev–Trinajstić information content (AvgIpc) is 3.03. The molecule has 1 aromatic heterocycles. The predicted molar refractivity (Wildman–Crippen MR) is 97.9 cm³/mol. The van der Waals surface area contributed by atoms with Gasteiger partial charge in [0.15, 0.2) is 5.13 Å². The fraction of sp³-hybridized carbons (Fsp3) is 0.167. The SMILES string of the molecule is COC(=O)c1ccc(CN(C)C(=O)Nc2nc3ccccc3s2)cc1. The number of para-hydroxylation sites is 1. The van der Waals surface area contributed by atoms with Crippen LogP contribution in [0.25, 0.3) is 10.2 Å². The number of nitrogens with zero attached hydrogens (tertiary/aromatic N) is 2. The highest BCUT2D eigenvalue weighted by atomic mass is 32.1. The second kappa shape index (κ2) is 7.31. The number of fused-ring (bicyclic) bond motifs is 1. The highest BCUT2D eigenvalue weighted by Gasteiger charge is 2.13. The molecule has 2 amide bonds. The quantitative estimate of drug-likeness (QED) is 0.724. The number of thiazole rings is 1. The summed E-state index contributed by atoms with van der Waals surface area (Å²) < 4.78 is 5.69. The summed E-state index contributed by atoms with van der Waals surface area (Å²) in [5.74, 6) is -0.381. The van der Waals surface area contributed by atoms with Gasteiger partial charge in [0, 0.05) is 13.6 Å². The summed E-state index contributed by atoms with van der Waals surface area (Å²) in [7, 11) is 3.05. The third kappa shape index (κ3) is 3.95. The Hall–Kier alpha value is -2.93. The van der Waals surface area contributed by atoms with Gasteiger partial charge in [-0.05, 0) is 29.8 Å². The van der Waals surface area contributed by atoms with Gasteiger partial charge in [-0.2, -0.15) is 0 Å². The van der Waals surface area contributed by atoms with Crippen LogP contribution in [-0.4, -0.2) is 36.0 Å². The lowest BCUT2D eigenvalue weighted by molar-refractivity contribution is 0.0600. The summed E-state index contributed by atoms with van der Waals surface area (Å²) in [4.78, 5) is 29.7. The van der Waals surface area contributed by atoms with Crippen molar-refractivity contribution in [2.75, 3.05) is 19.5 Å². The molecule has 0 aliphatic carbocycles. The number of methoxy groups -OCH3 is 1. The van der Waals surface area contributed by atoms with E-state index in [0.717, 1.165) is 15.8 Å². The summed E-state index contributed by atoms with van der Waals surface area (Å²) >= 11 is 1.44. The molecule has 0 radical (unpaired) electrons. The van der Waals surface area contributed by atoms with E-state index < -0.39 is 0 Å².